The van der Waals surface area contributed by atoms with Crippen LogP contribution in [0, 0.1) is 6.92 Å². The number of rotatable bonds is 9. The van der Waals surface area contributed by atoms with E-state index in [4.69, 9.17) is 4.74 Å². The molecule has 27 heavy (non-hydrogen) atoms. The number of benzene rings is 1. The Hall–Kier alpha value is -1.68. The number of aromatic nitrogens is 3. The van der Waals surface area contributed by atoms with Crippen molar-refractivity contribution in [2.24, 2.45) is 12.0 Å². The number of aryl methyl sites for hydroxylation is 1. The van der Waals surface area contributed by atoms with Gasteiger partial charge in [0, 0.05) is 26.7 Å². The number of ether oxygens (including phenoxy) is 1. The van der Waals surface area contributed by atoms with Crippen molar-refractivity contribution < 1.29 is 4.74 Å². The molecule has 1 aromatic heterocycles. The molecule has 0 saturated heterocycles. The van der Waals surface area contributed by atoms with Gasteiger partial charge in [-0.1, -0.05) is 30.3 Å². The minimum atomic E-state index is 0. The number of halogens is 1. The maximum Gasteiger partial charge on any atom is 0.191 e. The van der Waals surface area contributed by atoms with E-state index >= 15 is 0 Å². The Morgan fingerprint density at radius 1 is 1.22 bits per heavy atom. The van der Waals surface area contributed by atoms with Gasteiger partial charge in [-0.2, -0.15) is 0 Å². The Balaban J connectivity index is 0.00000364. The molecule has 0 amide bonds. The SMILES string of the molecule is CCNC(=NCc1nnc(C)n1C)NCCCOC(C)c1ccccc1.I. The first-order valence-electron chi connectivity index (χ1n) is 9.15. The Morgan fingerprint density at radius 3 is 2.59 bits per heavy atom. The fraction of sp³-hybridized carbons (Fsp3) is 0.526. The highest BCUT2D eigenvalue weighted by Crippen LogP contribution is 2.15. The summed E-state index contributed by atoms with van der Waals surface area (Å²) in [7, 11) is 1.95. The minimum Gasteiger partial charge on any atom is -0.374 e. The molecule has 1 heterocycles. The first-order valence-corrected chi connectivity index (χ1v) is 9.15. The summed E-state index contributed by atoms with van der Waals surface area (Å²) in [5.41, 5.74) is 1.20. The summed E-state index contributed by atoms with van der Waals surface area (Å²) in [5.74, 6) is 2.52. The van der Waals surface area contributed by atoms with E-state index in [1.807, 2.05) is 43.7 Å². The molecule has 0 aliphatic carbocycles. The summed E-state index contributed by atoms with van der Waals surface area (Å²) >= 11 is 0. The number of aliphatic imine (C=N–C) groups is 1. The molecular weight excluding hydrogens is 455 g/mol. The lowest BCUT2D eigenvalue weighted by molar-refractivity contribution is 0.0646. The average Bonchev–Trinajstić information content (AvgIpc) is 2.98. The minimum absolute atomic E-state index is 0. The molecule has 7 nitrogen and oxygen atoms in total. The van der Waals surface area contributed by atoms with Crippen LogP contribution in [0.2, 0.25) is 0 Å². The fourth-order valence-corrected chi connectivity index (χ4v) is 2.44. The van der Waals surface area contributed by atoms with Crippen LogP contribution in [0.1, 0.15) is 43.6 Å². The number of nitrogens with one attached hydrogen (secondary N) is 2. The Kier molecular flexibility index (Phi) is 11.0. The topological polar surface area (TPSA) is 76.4 Å². The lowest BCUT2D eigenvalue weighted by Crippen LogP contribution is -2.38. The maximum absolute atomic E-state index is 5.90. The van der Waals surface area contributed by atoms with E-state index in [1.54, 1.807) is 0 Å². The summed E-state index contributed by atoms with van der Waals surface area (Å²) in [5, 5.41) is 14.8. The monoisotopic (exact) mass is 486 g/mol. The van der Waals surface area contributed by atoms with Gasteiger partial charge in [0.1, 0.15) is 12.4 Å². The third kappa shape index (κ3) is 7.84. The van der Waals surface area contributed by atoms with Crippen molar-refractivity contribution in [2.75, 3.05) is 19.7 Å². The number of guanidine groups is 1. The van der Waals surface area contributed by atoms with Crippen molar-refractivity contribution in [2.45, 2.75) is 39.8 Å². The predicted octanol–water partition coefficient (Wildman–Crippen LogP) is 2.96. The molecule has 0 fully saturated rings. The molecule has 0 aliphatic rings. The molecule has 2 aromatic rings. The summed E-state index contributed by atoms with van der Waals surface area (Å²) < 4.78 is 7.85. The summed E-state index contributed by atoms with van der Waals surface area (Å²) in [4.78, 5) is 4.57. The highest BCUT2D eigenvalue weighted by atomic mass is 127. The molecule has 0 spiro atoms. The molecule has 1 aromatic carbocycles. The second-order valence-corrected chi connectivity index (χ2v) is 6.12. The van der Waals surface area contributed by atoms with E-state index in [2.05, 4.69) is 44.9 Å². The first kappa shape index (κ1) is 23.4. The van der Waals surface area contributed by atoms with E-state index in [9.17, 15) is 0 Å². The van der Waals surface area contributed by atoms with E-state index < -0.39 is 0 Å². The standard InChI is InChI=1S/C19H30N6O.HI/c1-5-20-19(22-14-18-24-23-16(3)25(18)4)21-12-9-13-26-15(2)17-10-7-6-8-11-17;/h6-8,10-11,15H,5,9,12-14H2,1-4H3,(H2,20,21,22);1H. The molecule has 0 saturated carbocycles. The van der Waals surface area contributed by atoms with Crippen molar-refractivity contribution in [1.82, 2.24) is 25.4 Å². The molecule has 0 bridgehead atoms. The molecule has 1 atom stereocenters. The molecule has 0 aliphatic heterocycles. The smallest absolute Gasteiger partial charge is 0.191 e. The lowest BCUT2D eigenvalue weighted by atomic mass is 10.1. The van der Waals surface area contributed by atoms with Crippen LogP contribution in [-0.4, -0.2) is 40.4 Å². The number of hydrogen-bond donors (Lipinski definition) is 2. The Labute approximate surface area is 179 Å². The van der Waals surface area contributed by atoms with Gasteiger partial charge < -0.3 is 19.9 Å². The van der Waals surface area contributed by atoms with Crippen molar-refractivity contribution in [1.29, 1.82) is 0 Å². The van der Waals surface area contributed by atoms with Crippen molar-refractivity contribution in [3.8, 4) is 0 Å². The van der Waals surface area contributed by atoms with Gasteiger partial charge in [-0.05, 0) is 32.8 Å². The van der Waals surface area contributed by atoms with Gasteiger partial charge in [0.15, 0.2) is 11.8 Å². The third-order valence-electron chi connectivity index (χ3n) is 4.16. The van der Waals surface area contributed by atoms with Crippen LogP contribution in [-0.2, 0) is 18.3 Å². The van der Waals surface area contributed by atoms with E-state index in [0.29, 0.717) is 13.2 Å². The van der Waals surface area contributed by atoms with Crippen LogP contribution in [0.15, 0.2) is 35.3 Å². The van der Waals surface area contributed by atoms with Crippen LogP contribution in [0.4, 0.5) is 0 Å². The fourth-order valence-electron chi connectivity index (χ4n) is 2.44. The zero-order valence-electron chi connectivity index (χ0n) is 16.6. The second kappa shape index (κ2) is 12.7. The highest BCUT2D eigenvalue weighted by Gasteiger charge is 2.06. The molecule has 2 rings (SSSR count). The van der Waals surface area contributed by atoms with Crippen LogP contribution in [0.25, 0.3) is 0 Å². The Morgan fingerprint density at radius 2 is 1.96 bits per heavy atom. The largest absolute Gasteiger partial charge is 0.374 e. The van der Waals surface area contributed by atoms with Crippen LogP contribution in [0.3, 0.4) is 0 Å². The maximum atomic E-state index is 5.90. The van der Waals surface area contributed by atoms with E-state index in [-0.39, 0.29) is 30.1 Å². The van der Waals surface area contributed by atoms with Crippen molar-refractivity contribution in [3.63, 3.8) is 0 Å². The zero-order valence-corrected chi connectivity index (χ0v) is 18.9. The quantitative estimate of drug-likeness (QED) is 0.247. The summed E-state index contributed by atoms with van der Waals surface area (Å²) in [6, 6.07) is 10.3. The summed E-state index contributed by atoms with van der Waals surface area (Å²) in [6.07, 6.45) is 1.02. The molecule has 150 valence electrons. The van der Waals surface area contributed by atoms with Crippen molar-refractivity contribution in [3.05, 3.63) is 47.5 Å². The van der Waals surface area contributed by atoms with Gasteiger partial charge in [-0.25, -0.2) is 4.99 Å². The van der Waals surface area contributed by atoms with Gasteiger partial charge in [-0.15, -0.1) is 34.2 Å². The second-order valence-electron chi connectivity index (χ2n) is 6.12. The summed E-state index contributed by atoms with van der Waals surface area (Å²) in [6.45, 7) is 8.86. The van der Waals surface area contributed by atoms with Gasteiger partial charge >= 0.3 is 0 Å². The van der Waals surface area contributed by atoms with Gasteiger partial charge in [0.25, 0.3) is 0 Å². The molecule has 0 radical (unpaired) electrons. The first-order chi connectivity index (χ1) is 12.6. The van der Waals surface area contributed by atoms with Gasteiger partial charge in [-0.3, -0.25) is 0 Å². The zero-order chi connectivity index (χ0) is 18.8. The van der Waals surface area contributed by atoms with Crippen molar-refractivity contribution >= 4 is 29.9 Å². The molecule has 1 unspecified atom stereocenters. The van der Waals surface area contributed by atoms with Gasteiger partial charge in [0.2, 0.25) is 0 Å². The normalized spacial score (nSPS) is 12.4. The molecular formula is C19H31IN6O. The molecule has 2 N–H and O–H groups in total. The number of hydrogen-bond acceptors (Lipinski definition) is 4. The lowest BCUT2D eigenvalue weighted by Gasteiger charge is -2.14. The van der Waals surface area contributed by atoms with Gasteiger partial charge in [0.05, 0.1) is 6.10 Å². The predicted molar refractivity (Wildman–Crippen MR) is 119 cm³/mol. The average molecular weight is 486 g/mol. The van der Waals surface area contributed by atoms with Crippen LogP contribution < -0.4 is 10.6 Å². The van der Waals surface area contributed by atoms with Crippen LogP contribution in [0.5, 0.6) is 0 Å². The highest BCUT2D eigenvalue weighted by molar-refractivity contribution is 14.0. The Bertz CT molecular complexity index is 689. The number of nitrogens with zero attached hydrogens (tertiary/aromatic N) is 4. The van der Waals surface area contributed by atoms with Crippen LogP contribution >= 0.6 is 24.0 Å². The van der Waals surface area contributed by atoms with E-state index in [0.717, 1.165) is 37.1 Å². The molecule has 8 heteroatoms. The third-order valence-corrected chi connectivity index (χ3v) is 4.16. The van der Waals surface area contributed by atoms with E-state index in [1.165, 1.54) is 5.56 Å².